The van der Waals surface area contributed by atoms with Gasteiger partial charge in [0.15, 0.2) is 0 Å². The standard InChI is InChI=1S/C8H8BrClO3/c9-6-2-4(10)1-5(8(6)13)7(12)3-11/h1-2,7,11-13H,3H2. The van der Waals surface area contributed by atoms with Crippen LogP contribution < -0.4 is 0 Å². The molecule has 1 atom stereocenters. The molecule has 1 rings (SSSR count). The van der Waals surface area contributed by atoms with E-state index < -0.39 is 12.7 Å². The molecule has 0 saturated carbocycles. The summed E-state index contributed by atoms with van der Waals surface area (Å²) < 4.78 is 0.391. The molecule has 5 heteroatoms. The molecule has 0 fully saturated rings. The molecule has 0 radical (unpaired) electrons. The molecule has 0 aliphatic heterocycles. The topological polar surface area (TPSA) is 60.7 Å². The van der Waals surface area contributed by atoms with Crippen LogP contribution in [0.4, 0.5) is 0 Å². The second-order valence-electron chi connectivity index (χ2n) is 2.52. The summed E-state index contributed by atoms with van der Waals surface area (Å²) in [5.41, 5.74) is 0.210. The number of rotatable bonds is 2. The van der Waals surface area contributed by atoms with Gasteiger partial charge >= 0.3 is 0 Å². The third kappa shape index (κ3) is 2.34. The summed E-state index contributed by atoms with van der Waals surface area (Å²) >= 11 is 8.76. The molecule has 0 aliphatic carbocycles. The van der Waals surface area contributed by atoms with Crippen molar-refractivity contribution in [2.75, 3.05) is 6.61 Å². The average molecular weight is 268 g/mol. The van der Waals surface area contributed by atoms with E-state index >= 15 is 0 Å². The summed E-state index contributed by atoms with van der Waals surface area (Å²) in [4.78, 5) is 0. The molecule has 1 aromatic carbocycles. The maximum atomic E-state index is 9.45. The maximum Gasteiger partial charge on any atom is 0.135 e. The average Bonchev–Trinajstić information content (AvgIpc) is 2.10. The molecule has 0 amide bonds. The molecule has 0 aromatic heterocycles. The van der Waals surface area contributed by atoms with E-state index in [4.69, 9.17) is 16.7 Å². The predicted octanol–water partition coefficient (Wildman–Crippen LogP) is 1.83. The first-order chi connectivity index (χ1) is 6.06. The molecule has 13 heavy (non-hydrogen) atoms. The minimum Gasteiger partial charge on any atom is -0.506 e. The van der Waals surface area contributed by atoms with Crippen molar-refractivity contribution in [1.82, 2.24) is 0 Å². The van der Waals surface area contributed by atoms with Crippen LogP contribution in [0.1, 0.15) is 11.7 Å². The number of phenols is 1. The lowest BCUT2D eigenvalue weighted by Crippen LogP contribution is -2.02. The van der Waals surface area contributed by atoms with Crippen LogP contribution in [0.2, 0.25) is 5.02 Å². The molecule has 1 unspecified atom stereocenters. The van der Waals surface area contributed by atoms with Gasteiger partial charge in [0.2, 0.25) is 0 Å². The van der Waals surface area contributed by atoms with E-state index in [-0.39, 0.29) is 11.3 Å². The molecule has 3 N–H and O–H groups in total. The first-order valence-corrected chi connectivity index (χ1v) is 4.70. The van der Waals surface area contributed by atoms with E-state index in [0.717, 1.165) is 0 Å². The molecule has 0 saturated heterocycles. The van der Waals surface area contributed by atoms with E-state index in [1.54, 1.807) is 0 Å². The summed E-state index contributed by atoms with van der Waals surface area (Å²) in [7, 11) is 0. The van der Waals surface area contributed by atoms with Gasteiger partial charge in [-0.25, -0.2) is 0 Å². The third-order valence-electron chi connectivity index (χ3n) is 1.59. The molecular formula is C8H8BrClO3. The van der Waals surface area contributed by atoms with Gasteiger partial charge in [-0.2, -0.15) is 0 Å². The van der Waals surface area contributed by atoms with Crippen LogP contribution in [-0.4, -0.2) is 21.9 Å². The van der Waals surface area contributed by atoms with E-state index in [1.165, 1.54) is 12.1 Å². The summed E-state index contributed by atoms with van der Waals surface area (Å²) in [6, 6.07) is 2.91. The van der Waals surface area contributed by atoms with Gasteiger partial charge in [0.25, 0.3) is 0 Å². The minimum atomic E-state index is -1.12. The van der Waals surface area contributed by atoms with E-state index in [9.17, 15) is 10.2 Å². The number of hydrogen-bond acceptors (Lipinski definition) is 3. The van der Waals surface area contributed by atoms with E-state index in [1.807, 2.05) is 0 Å². The van der Waals surface area contributed by atoms with Gasteiger partial charge in [-0.15, -0.1) is 0 Å². The first kappa shape index (κ1) is 10.8. The Kier molecular flexibility index (Phi) is 3.55. The summed E-state index contributed by atoms with van der Waals surface area (Å²) in [5.74, 6) is -0.106. The van der Waals surface area contributed by atoms with E-state index in [0.29, 0.717) is 9.50 Å². The van der Waals surface area contributed by atoms with Crippen molar-refractivity contribution < 1.29 is 15.3 Å². The summed E-state index contributed by atoms with van der Waals surface area (Å²) in [5, 5.41) is 27.8. The van der Waals surface area contributed by atoms with E-state index in [2.05, 4.69) is 15.9 Å². The zero-order chi connectivity index (χ0) is 10.0. The second kappa shape index (κ2) is 4.28. The molecule has 72 valence electrons. The highest BCUT2D eigenvalue weighted by molar-refractivity contribution is 9.10. The Morgan fingerprint density at radius 1 is 1.46 bits per heavy atom. The van der Waals surface area contributed by atoms with Gasteiger partial charge in [0, 0.05) is 10.6 Å². The lowest BCUT2D eigenvalue weighted by atomic mass is 10.1. The van der Waals surface area contributed by atoms with Crippen LogP contribution in [0.3, 0.4) is 0 Å². The van der Waals surface area contributed by atoms with Gasteiger partial charge in [-0.1, -0.05) is 11.6 Å². The maximum absolute atomic E-state index is 9.45. The Bertz CT molecular complexity index is 317. The van der Waals surface area contributed by atoms with Gasteiger partial charge < -0.3 is 15.3 Å². The number of halogens is 2. The number of aliphatic hydroxyl groups excluding tert-OH is 2. The number of hydrogen-bond donors (Lipinski definition) is 3. The van der Waals surface area contributed by atoms with Crippen molar-refractivity contribution >= 4 is 27.5 Å². The number of phenolic OH excluding ortho intramolecular Hbond substituents is 1. The fourth-order valence-corrected chi connectivity index (χ4v) is 1.77. The molecule has 0 bridgehead atoms. The van der Waals surface area contributed by atoms with Crippen molar-refractivity contribution in [2.24, 2.45) is 0 Å². The SMILES string of the molecule is OCC(O)c1cc(Cl)cc(Br)c1O. The van der Waals surface area contributed by atoms with Crippen LogP contribution in [0, 0.1) is 0 Å². The highest BCUT2D eigenvalue weighted by Gasteiger charge is 2.14. The fraction of sp³-hybridized carbons (Fsp3) is 0.250. The highest BCUT2D eigenvalue weighted by atomic mass is 79.9. The van der Waals surface area contributed by atoms with Crippen molar-refractivity contribution in [3.8, 4) is 5.75 Å². The summed E-state index contributed by atoms with van der Waals surface area (Å²) in [6.45, 7) is -0.458. The van der Waals surface area contributed by atoms with Gasteiger partial charge in [0.05, 0.1) is 11.1 Å². The Labute approximate surface area is 88.7 Å². The highest BCUT2D eigenvalue weighted by Crippen LogP contribution is 2.34. The monoisotopic (exact) mass is 266 g/mol. The van der Waals surface area contributed by atoms with Gasteiger partial charge in [0.1, 0.15) is 11.9 Å². The first-order valence-electron chi connectivity index (χ1n) is 3.53. The van der Waals surface area contributed by atoms with Gasteiger partial charge in [-0.3, -0.25) is 0 Å². The fourth-order valence-electron chi connectivity index (χ4n) is 0.938. The molecule has 1 aromatic rings. The quantitative estimate of drug-likeness (QED) is 0.766. The largest absolute Gasteiger partial charge is 0.506 e. The number of benzene rings is 1. The Morgan fingerprint density at radius 2 is 2.08 bits per heavy atom. The molecular weight excluding hydrogens is 259 g/mol. The van der Waals surface area contributed by atoms with Crippen molar-refractivity contribution in [3.05, 3.63) is 27.2 Å². The molecule has 0 aliphatic rings. The lowest BCUT2D eigenvalue weighted by molar-refractivity contribution is 0.0934. The normalized spacial score (nSPS) is 12.9. The van der Waals surface area contributed by atoms with Crippen LogP contribution >= 0.6 is 27.5 Å². The van der Waals surface area contributed by atoms with Crippen LogP contribution in [0.25, 0.3) is 0 Å². The Balaban J connectivity index is 3.20. The summed E-state index contributed by atoms with van der Waals surface area (Å²) in [6.07, 6.45) is -1.12. The Hall–Kier alpha value is -0.290. The number of aromatic hydroxyl groups is 1. The van der Waals surface area contributed by atoms with Gasteiger partial charge in [-0.05, 0) is 28.1 Å². The lowest BCUT2D eigenvalue weighted by Gasteiger charge is -2.11. The minimum absolute atomic E-state index is 0.106. The molecule has 0 spiro atoms. The molecule has 0 heterocycles. The molecule has 3 nitrogen and oxygen atoms in total. The van der Waals surface area contributed by atoms with Crippen molar-refractivity contribution in [3.63, 3.8) is 0 Å². The van der Waals surface area contributed by atoms with Crippen LogP contribution in [0.15, 0.2) is 16.6 Å². The van der Waals surface area contributed by atoms with Crippen LogP contribution in [0.5, 0.6) is 5.75 Å². The smallest absolute Gasteiger partial charge is 0.135 e. The number of aliphatic hydroxyl groups is 2. The zero-order valence-corrected chi connectivity index (χ0v) is 8.88. The predicted molar refractivity (Wildman–Crippen MR) is 52.9 cm³/mol. The van der Waals surface area contributed by atoms with Crippen molar-refractivity contribution in [1.29, 1.82) is 0 Å². The van der Waals surface area contributed by atoms with Crippen LogP contribution in [-0.2, 0) is 0 Å². The third-order valence-corrected chi connectivity index (χ3v) is 2.41. The Morgan fingerprint density at radius 3 is 2.62 bits per heavy atom. The second-order valence-corrected chi connectivity index (χ2v) is 3.81. The van der Waals surface area contributed by atoms with Crippen molar-refractivity contribution in [2.45, 2.75) is 6.10 Å². The zero-order valence-electron chi connectivity index (χ0n) is 6.54.